The molecule has 0 fully saturated rings. The van der Waals surface area contributed by atoms with Crippen molar-refractivity contribution < 1.29 is 33.0 Å². The Kier molecular flexibility index (Phi) is 7.32. The Bertz CT molecular complexity index is 1740. The molecule has 6 rings (SSSR count). The number of hydrogen-bond donors (Lipinski definition) is 0. The molecule has 1 aliphatic heterocycles. The zero-order valence-electron chi connectivity index (χ0n) is 24.1. The molecule has 7 heteroatoms. The van der Waals surface area contributed by atoms with Gasteiger partial charge in [0, 0.05) is 48.2 Å². The first-order valence-electron chi connectivity index (χ1n) is 13.4. The second-order valence-electron chi connectivity index (χ2n) is 9.12. The maximum Gasteiger partial charge on any atom is 0.263 e. The van der Waals surface area contributed by atoms with Crippen molar-refractivity contribution in [3.8, 4) is 39.4 Å². The molecule has 1 aliphatic rings. The van der Waals surface area contributed by atoms with Crippen LogP contribution in [0.4, 0.5) is 10.1 Å². The fourth-order valence-corrected chi connectivity index (χ4v) is 6.46. The van der Waals surface area contributed by atoms with Crippen LogP contribution < -0.4 is 9.61 Å². The third-order valence-electron chi connectivity index (χ3n) is 6.11. The molecular formula is C32H24FIrN3OSi-2. The fraction of sp³-hybridized carbons (Fsp3) is 0.0938. The number of fused-ring (bicyclic) bond motifs is 3. The van der Waals surface area contributed by atoms with Crippen molar-refractivity contribution in [2.24, 2.45) is 0 Å². The number of aryl methyl sites for hydroxylation is 1. The number of hydrogen-bond acceptors (Lipinski definition) is 3. The molecule has 3 heterocycles. The van der Waals surface area contributed by atoms with E-state index in [-0.39, 0.29) is 31.5 Å². The van der Waals surface area contributed by atoms with Gasteiger partial charge < -0.3 is 14.4 Å². The Morgan fingerprint density at radius 3 is 2.51 bits per heavy atom. The van der Waals surface area contributed by atoms with Crippen LogP contribution in [0.2, 0.25) is 13.1 Å². The zero-order valence-corrected chi connectivity index (χ0v) is 24.5. The van der Waals surface area contributed by atoms with Crippen LogP contribution in [0, 0.1) is 31.4 Å². The zero-order chi connectivity index (χ0) is 29.2. The van der Waals surface area contributed by atoms with E-state index in [0.29, 0.717) is 16.9 Å². The average molecular weight is 709 g/mol. The van der Waals surface area contributed by atoms with Crippen molar-refractivity contribution in [2.45, 2.75) is 19.9 Å². The Morgan fingerprint density at radius 2 is 1.85 bits per heavy atom. The molecule has 0 N–H and O–H groups in total. The molecule has 195 valence electrons. The molecule has 0 aliphatic carbocycles. The Balaban J connectivity index is 0.000000200. The molecule has 0 bridgehead atoms. The molecule has 2 aromatic heterocycles. The van der Waals surface area contributed by atoms with Crippen molar-refractivity contribution in [1.29, 1.82) is 0 Å². The predicted octanol–water partition coefficient (Wildman–Crippen LogP) is 7.56. The summed E-state index contributed by atoms with van der Waals surface area (Å²) in [6.45, 7) is 9.44. The van der Waals surface area contributed by atoms with E-state index in [1.54, 1.807) is 18.3 Å². The Hall–Kier alpha value is -3.95. The summed E-state index contributed by atoms with van der Waals surface area (Å²) < 4.78 is 40.8. The van der Waals surface area contributed by atoms with Gasteiger partial charge in [-0.1, -0.05) is 53.6 Å². The van der Waals surface area contributed by atoms with E-state index in [1.807, 2.05) is 48.5 Å². The second kappa shape index (κ2) is 11.8. The summed E-state index contributed by atoms with van der Waals surface area (Å²) in [4.78, 5) is 12.0. The summed E-state index contributed by atoms with van der Waals surface area (Å²) in [5.41, 5.74) is 6.01. The first-order valence-corrected chi connectivity index (χ1v) is 14.8. The summed E-state index contributed by atoms with van der Waals surface area (Å²) >= 11 is 0. The monoisotopic (exact) mass is 709 g/mol. The van der Waals surface area contributed by atoms with E-state index in [0.717, 1.165) is 28.1 Å². The van der Waals surface area contributed by atoms with Crippen molar-refractivity contribution in [3.63, 3.8) is 0 Å². The minimum Gasteiger partial charge on any atom is -0.583 e. The molecule has 3 aromatic carbocycles. The Morgan fingerprint density at radius 1 is 0.974 bits per heavy atom. The molecule has 0 atom stereocenters. The van der Waals surface area contributed by atoms with E-state index >= 15 is 0 Å². The maximum atomic E-state index is 12.7. The molecule has 0 spiro atoms. The Labute approximate surface area is 247 Å². The molecule has 0 saturated carbocycles. The van der Waals surface area contributed by atoms with Gasteiger partial charge in [0.25, 0.3) is 8.32 Å². The molecule has 4 nitrogen and oxygen atoms in total. The minimum atomic E-state index is -2.17. The smallest absolute Gasteiger partial charge is 0.263 e. The quantitative estimate of drug-likeness (QED) is 0.140. The van der Waals surface area contributed by atoms with Crippen molar-refractivity contribution in [1.82, 2.24) is 9.97 Å². The van der Waals surface area contributed by atoms with Crippen LogP contribution in [-0.2, 0) is 20.1 Å². The van der Waals surface area contributed by atoms with Gasteiger partial charge in [0.05, 0.1) is 6.57 Å². The largest absolute Gasteiger partial charge is 0.583 e. The third-order valence-corrected chi connectivity index (χ3v) is 8.54. The van der Waals surface area contributed by atoms with Gasteiger partial charge in [-0.3, -0.25) is 4.39 Å². The van der Waals surface area contributed by atoms with Crippen LogP contribution in [-0.4, -0.2) is 18.3 Å². The second-order valence-corrected chi connectivity index (χ2v) is 12.9. The van der Waals surface area contributed by atoms with Crippen LogP contribution in [0.5, 0.6) is 5.75 Å². The molecule has 1 radical (unpaired) electrons. The van der Waals surface area contributed by atoms with Crippen LogP contribution in [0.1, 0.15) is 9.68 Å². The van der Waals surface area contributed by atoms with E-state index in [9.17, 15) is 4.39 Å². The summed E-state index contributed by atoms with van der Waals surface area (Å²) in [5, 5.41) is 1.17. The summed E-state index contributed by atoms with van der Waals surface area (Å²) in [7, 11) is -2.17. The number of halogens is 1. The molecule has 0 amide bonds. The van der Waals surface area contributed by atoms with Gasteiger partial charge >= 0.3 is 0 Å². The SMILES string of the molecule is [2H]C([2H])([2H])c1ccc(-c2[c-]cc(F)cc2)nc1.[C-]#[N+]c1ccc2c(c1)[Si](C)(C)Oc1c(-c3ccccn3)[c-]ccc1-2.[Ir]. The van der Waals surface area contributed by atoms with Gasteiger partial charge in [-0.2, -0.15) is 0 Å². The van der Waals surface area contributed by atoms with Crippen LogP contribution in [0.15, 0.2) is 91.3 Å². The topological polar surface area (TPSA) is 39.4 Å². The maximum absolute atomic E-state index is 12.7. The van der Waals surface area contributed by atoms with E-state index in [1.165, 1.54) is 29.6 Å². The number of aromatic nitrogens is 2. The third kappa shape index (κ3) is 6.05. The van der Waals surface area contributed by atoms with E-state index in [2.05, 4.69) is 40.0 Å². The standard InChI is InChI=1S/C20H15N2OSi.C12H9FN.Ir/c1-21-14-10-11-15-16-7-6-8-17(18-9-4-5-12-22-18)20(16)23-24(2,3)19(15)13-14;1-9-2-7-12(14-8-9)10-3-5-11(13)6-4-10;/h4-7,9-13H,2-3H3;2-3,5-8H,1H3;/q2*-1;/i;1D3;. The van der Waals surface area contributed by atoms with Crippen LogP contribution in [0.25, 0.3) is 38.5 Å². The number of benzene rings is 3. The van der Waals surface area contributed by atoms with Gasteiger partial charge in [-0.25, -0.2) is 4.85 Å². The van der Waals surface area contributed by atoms with Crippen LogP contribution >= 0.6 is 0 Å². The first kappa shape index (κ1) is 24.1. The molecule has 39 heavy (non-hydrogen) atoms. The van der Waals surface area contributed by atoms with Crippen LogP contribution in [0.3, 0.4) is 0 Å². The molecule has 0 unspecified atom stereocenters. The predicted molar refractivity (Wildman–Crippen MR) is 151 cm³/mol. The number of rotatable bonds is 2. The van der Waals surface area contributed by atoms with Gasteiger partial charge in [-0.15, -0.1) is 48.0 Å². The number of nitrogens with zero attached hydrogens (tertiary/aromatic N) is 3. The number of pyridine rings is 2. The normalized spacial score (nSPS) is 13.7. The minimum absolute atomic E-state index is 0. The van der Waals surface area contributed by atoms with Crippen molar-refractivity contribution in [3.05, 3.63) is 126 Å². The molecule has 0 saturated heterocycles. The molecular weight excluding hydrogens is 682 g/mol. The van der Waals surface area contributed by atoms with Gasteiger partial charge in [0.2, 0.25) is 0 Å². The van der Waals surface area contributed by atoms with Crippen molar-refractivity contribution >= 4 is 19.2 Å². The van der Waals surface area contributed by atoms with E-state index in [4.69, 9.17) is 15.1 Å². The van der Waals surface area contributed by atoms with Gasteiger partial charge in [-0.05, 0) is 53.7 Å². The average Bonchev–Trinajstić information content (AvgIpc) is 2.97. The fourth-order valence-electron chi connectivity index (χ4n) is 4.27. The van der Waals surface area contributed by atoms with E-state index < -0.39 is 15.2 Å². The summed E-state index contributed by atoms with van der Waals surface area (Å²) in [5.74, 6) is 0.490. The van der Waals surface area contributed by atoms with Gasteiger partial charge in [0.15, 0.2) is 5.69 Å². The van der Waals surface area contributed by atoms with Crippen molar-refractivity contribution in [2.75, 3.05) is 0 Å². The van der Waals surface area contributed by atoms with Gasteiger partial charge in [0.1, 0.15) is 0 Å². The summed E-state index contributed by atoms with van der Waals surface area (Å²) in [6, 6.07) is 28.9. The summed E-state index contributed by atoms with van der Waals surface area (Å²) in [6.07, 6.45) is 3.09. The first-order chi connectivity index (χ1) is 19.6. The molecule has 5 aromatic rings.